The van der Waals surface area contributed by atoms with Gasteiger partial charge in [-0.2, -0.15) is 0 Å². The summed E-state index contributed by atoms with van der Waals surface area (Å²) in [5.41, 5.74) is 0.125. The Morgan fingerprint density at radius 2 is 0.943 bits per heavy atom. The van der Waals surface area contributed by atoms with Gasteiger partial charge in [-0.25, -0.2) is 0 Å². The third-order valence-corrected chi connectivity index (χ3v) is 8.27. The van der Waals surface area contributed by atoms with Crippen LogP contribution in [0.5, 0.6) is 0 Å². The highest BCUT2D eigenvalue weighted by molar-refractivity contribution is 5.06. The van der Waals surface area contributed by atoms with Crippen LogP contribution in [-0.2, 0) is 14.2 Å². The molecule has 0 bridgehead atoms. The smallest absolute Gasteiger partial charge is 0.158 e. The summed E-state index contributed by atoms with van der Waals surface area (Å²) >= 11 is 0. The minimum Gasteiger partial charge on any atom is -0.376 e. The fraction of sp³-hybridized carbons (Fsp3) is 1.00. The summed E-state index contributed by atoms with van der Waals surface area (Å²) in [6.45, 7) is 27.9. The standard InChI is InChI=1S/C29H57N3O3/c1-24(2)17-20(27(7,8)30-24)33-16-14-13-15-23(34-21-18-25(3,4)31-28(21,9)10)35-22-19-26(5,6)32-29(22,11)12/h20-23,30-32H,13-19H2,1-12H3. The molecule has 6 nitrogen and oxygen atoms in total. The number of hydrogen-bond donors (Lipinski definition) is 3. The van der Waals surface area contributed by atoms with Gasteiger partial charge in [0.25, 0.3) is 0 Å². The first-order valence-corrected chi connectivity index (χ1v) is 14.0. The van der Waals surface area contributed by atoms with E-state index in [0.29, 0.717) is 0 Å². The number of nitrogens with one attached hydrogen (secondary N) is 3. The zero-order valence-electron chi connectivity index (χ0n) is 25.0. The van der Waals surface area contributed by atoms with E-state index in [9.17, 15) is 0 Å². The molecule has 0 aliphatic carbocycles. The topological polar surface area (TPSA) is 63.8 Å². The summed E-state index contributed by atoms with van der Waals surface area (Å²) in [7, 11) is 0. The number of ether oxygens (including phenoxy) is 3. The van der Waals surface area contributed by atoms with Gasteiger partial charge in [0.15, 0.2) is 6.29 Å². The lowest BCUT2D eigenvalue weighted by Gasteiger charge is -2.35. The van der Waals surface area contributed by atoms with Crippen molar-refractivity contribution in [1.82, 2.24) is 16.0 Å². The van der Waals surface area contributed by atoms with E-state index < -0.39 is 0 Å². The molecule has 0 spiro atoms. The maximum Gasteiger partial charge on any atom is 0.158 e. The molecule has 6 heteroatoms. The lowest BCUT2D eigenvalue weighted by atomic mass is 9.96. The first-order valence-electron chi connectivity index (χ1n) is 14.0. The van der Waals surface area contributed by atoms with Gasteiger partial charge in [0.2, 0.25) is 0 Å². The predicted molar refractivity (Wildman–Crippen MR) is 145 cm³/mol. The average Bonchev–Trinajstić information content (AvgIpc) is 3.06. The molecule has 3 rings (SSSR count). The number of unbranched alkanes of at least 4 members (excludes halogenated alkanes) is 1. The second-order valence-corrected chi connectivity index (χ2v) is 15.3. The Balaban J connectivity index is 1.57. The van der Waals surface area contributed by atoms with Gasteiger partial charge in [-0.15, -0.1) is 0 Å². The quantitative estimate of drug-likeness (QED) is 0.283. The van der Waals surface area contributed by atoms with Crippen LogP contribution < -0.4 is 16.0 Å². The van der Waals surface area contributed by atoms with E-state index in [2.05, 4.69) is 99.0 Å². The van der Waals surface area contributed by atoms with Gasteiger partial charge in [0.05, 0.1) is 18.3 Å². The zero-order chi connectivity index (χ0) is 26.5. The molecular weight excluding hydrogens is 438 g/mol. The first-order chi connectivity index (χ1) is 15.7. The van der Waals surface area contributed by atoms with Gasteiger partial charge < -0.3 is 30.2 Å². The van der Waals surface area contributed by atoms with Crippen molar-refractivity contribution in [3.63, 3.8) is 0 Å². The molecule has 3 aliphatic heterocycles. The Labute approximate surface area is 216 Å². The Bertz CT molecular complexity index is 691. The molecule has 0 radical (unpaired) electrons. The fourth-order valence-electron chi connectivity index (χ4n) is 7.04. The Kier molecular flexibility index (Phi) is 8.22. The minimum atomic E-state index is -0.210. The molecular formula is C29H57N3O3. The van der Waals surface area contributed by atoms with E-state index >= 15 is 0 Å². The van der Waals surface area contributed by atoms with Crippen LogP contribution in [0.15, 0.2) is 0 Å². The third-order valence-electron chi connectivity index (χ3n) is 8.27. The number of rotatable bonds is 10. The highest BCUT2D eigenvalue weighted by Crippen LogP contribution is 2.37. The van der Waals surface area contributed by atoms with E-state index in [1.807, 2.05) is 0 Å². The Hall–Kier alpha value is -0.240. The van der Waals surface area contributed by atoms with Crippen molar-refractivity contribution in [3.05, 3.63) is 0 Å². The molecule has 0 aromatic rings. The monoisotopic (exact) mass is 495 g/mol. The molecule has 3 aliphatic rings. The van der Waals surface area contributed by atoms with Gasteiger partial charge >= 0.3 is 0 Å². The van der Waals surface area contributed by atoms with Crippen LogP contribution in [0.25, 0.3) is 0 Å². The van der Waals surface area contributed by atoms with Gasteiger partial charge in [-0.05, 0) is 122 Å². The highest BCUT2D eigenvalue weighted by atomic mass is 16.7. The maximum atomic E-state index is 6.76. The van der Waals surface area contributed by atoms with E-state index in [1.165, 1.54) is 0 Å². The molecule has 3 atom stereocenters. The van der Waals surface area contributed by atoms with Crippen molar-refractivity contribution in [2.24, 2.45) is 0 Å². The molecule has 3 heterocycles. The molecule has 206 valence electrons. The van der Waals surface area contributed by atoms with Crippen LogP contribution in [0.1, 0.15) is 122 Å². The molecule has 0 aromatic carbocycles. The maximum absolute atomic E-state index is 6.76. The van der Waals surface area contributed by atoms with E-state index in [0.717, 1.165) is 45.1 Å². The minimum absolute atomic E-state index is 0.0139. The number of hydrogen-bond acceptors (Lipinski definition) is 6. The van der Waals surface area contributed by atoms with Crippen LogP contribution in [0, 0.1) is 0 Å². The van der Waals surface area contributed by atoms with Crippen LogP contribution in [-0.4, -0.2) is 64.4 Å². The van der Waals surface area contributed by atoms with Crippen molar-refractivity contribution < 1.29 is 14.2 Å². The predicted octanol–water partition coefficient (Wildman–Crippen LogP) is 5.29. The first kappa shape index (κ1) is 29.3. The molecule has 3 unspecified atom stereocenters. The van der Waals surface area contributed by atoms with Crippen LogP contribution in [0.2, 0.25) is 0 Å². The van der Waals surface area contributed by atoms with E-state index in [4.69, 9.17) is 14.2 Å². The average molecular weight is 496 g/mol. The lowest BCUT2D eigenvalue weighted by Crippen LogP contribution is -2.50. The van der Waals surface area contributed by atoms with Gasteiger partial charge in [0, 0.05) is 39.8 Å². The van der Waals surface area contributed by atoms with Gasteiger partial charge in [-0.3, -0.25) is 0 Å². The molecule has 0 saturated carbocycles. The molecule has 35 heavy (non-hydrogen) atoms. The van der Waals surface area contributed by atoms with Crippen molar-refractivity contribution in [2.75, 3.05) is 6.61 Å². The second-order valence-electron chi connectivity index (χ2n) is 15.3. The Morgan fingerprint density at radius 1 is 0.571 bits per heavy atom. The van der Waals surface area contributed by atoms with Crippen molar-refractivity contribution >= 4 is 0 Å². The van der Waals surface area contributed by atoms with Gasteiger partial charge in [0.1, 0.15) is 0 Å². The molecule has 3 saturated heterocycles. The van der Waals surface area contributed by atoms with Crippen molar-refractivity contribution in [3.8, 4) is 0 Å². The van der Waals surface area contributed by atoms with Crippen LogP contribution in [0.4, 0.5) is 0 Å². The highest BCUT2D eigenvalue weighted by Gasteiger charge is 2.49. The van der Waals surface area contributed by atoms with E-state index in [-0.39, 0.29) is 57.8 Å². The zero-order valence-corrected chi connectivity index (χ0v) is 25.0. The van der Waals surface area contributed by atoms with Crippen molar-refractivity contribution in [2.45, 2.75) is 179 Å². The summed E-state index contributed by atoms with van der Waals surface area (Å²) < 4.78 is 19.9. The van der Waals surface area contributed by atoms with Gasteiger partial charge in [-0.1, -0.05) is 0 Å². The summed E-state index contributed by atoms with van der Waals surface area (Å²) in [4.78, 5) is 0. The molecule has 3 fully saturated rings. The summed E-state index contributed by atoms with van der Waals surface area (Å²) in [5, 5.41) is 11.2. The SMILES string of the molecule is CC1(C)CC(OCCCCC(OC2CC(C)(C)NC2(C)C)OC2CC(C)(C)NC2(C)C)C(C)(C)N1. The summed E-state index contributed by atoms with van der Waals surface area (Å²) in [6, 6.07) is 0. The fourth-order valence-corrected chi connectivity index (χ4v) is 7.04. The van der Waals surface area contributed by atoms with Crippen LogP contribution in [0.3, 0.4) is 0 Å². The lowest BCUT2D eigenvalue weighted by molar-refractivity contribution is -0.212. The van der Waals surface area contributed by atoms with Crippen molar-refractivity contribution in [1.29, 1.82) is 0 Å². The normalized spacial score (nSPS) is 34.8. The molecule has 3 N–H and O–H groups in total. The van der Waals surface area contributed by atoms with Crippen LogP contribution >= 0.6 is 0 Å². The summed E-state index contributed by atoms with van der Waals surface area (Å²) in [5.74, 6) is 0. The molecule has 0 aromatic heterocycles. The third kappa shape index (κ3) is 7.64. The molecule has 0 amide bonds. The Morgan fingerprint density at radius 3 is 1.29 bits per heavy atom. The summed E-state index contributed by atoms with van der Waals surface area (Å²) in [6.07, 6.45) is 6.25. The second kappa shape index (κ2) is 9.81. The van der Waals surface area contributed by atoms with E-state index in [1.54, 1.807) is 0 Å². The largest absolute Gasteiger partial charge is 0.376 e.